The third-order valence-corrected chi connectivity index (χ3v) is 3.66. The van der Waals surface area contributed by atoms with E-state index in [1.807, 2.05) is 6.92 Å². The number of anilines is 1. The van der Waals surface area contributed by atoms with Gasteiger partial charge in [-0.05, 0) is 37.3 Å². The van der Waals surface area contributed by atoms with E-state index >= 15 is 0 Å². The highest BCUT2D eigenvalue weighted by Crippen LogP contribution is 2.19. The van der Waals surface area contributed by atoms with Gasteiger partial charge in [-0.15, -0.1) is 0 Å². The molecule has 7 nitrogen and oxygen atoms in total. The van der Waals surface area contributed by atoms with Gasteiger partial charge in [0.2, 0.25) is 5.91 Å². The standard InChI is InChI=1S/C17H16FN5O2/c1-10-14-7-13(8-19-16(14)23(2)22-10)21-15(24)9-20-17(25)11-3-5-12(18)6-4-11/h3-8H,9H2,1-2H3,(H,20,25)(H,21,24). The summed E-state index contributed by atoms with van der Waals surface area (Å²) in [5.74, 6) is -1.27. The Morgan fingerprint density at radius 2 is 1.96 bits per heavy atom. The van der Waals surface area contributed by atoms with E-state index < -0.39 is 17.6 Å². The van der Waals surface area contributed by atoms with E-state index in [1.165, 1.54) is 30.5 Å². The van der Waals surface area contributed by atoms with Crippen molar-refractivity contribution < 1.29 is 14.0 Å². The highest BCUT2D eigenvalue weighted by atomic mass is 19.1. The molecule has 3 aromatic rings. The first-order valence-electron chi connectivity index (χ1n) is 7.57. The normalized spacial score (nSPS) is 10.7. The summed E-state index contributed by atoms with van der Waals surface area (Å²) in [5, 5.41) is 10.3. The van der Waals surface area contributed by atoms with E-state index in [2.05, 4.69) is 20.7 Å². The summed E-state index contributed by atoms with van der Waals surface area (Å²) >= 11 is 0. The molecule has 0 spiro atoms. The van der Waals surface area contributed by atoms with Crippen molar-refractivity contribution in [1.29, 1.82) is 0 Å². The number of hydrogen-bond donors (Lipinski definition) is 2. The van der Waals surface area contributed by atoms with Crippen molar-refractivity contribution in [1.82, 2.24) is 20.1 Å². The van der Waals surface area contributed by atoms with Gasteiger partial charge in [0.05, 0.1) is 24.1 Å². The summed E-state index contributed by atoms with van der Waals surface area (Å²) < 4.78 is 14.5. The highest BCUT2D eigenvalue weighted by Gasteiger charge is 2.11. The Labute approximate surface area is 142 Å². The molecular weight excluding hydrogens is 325 g/mol. The number of pyridine rings is 1. The Kier molecular flexibility index (Phi) is 4.42. The minimum Gasteiger partial charge on any atom is -0.343 e. The van der Waals surface area contributed by atoms with Crippen LogP contribution in [-0.4, -0.2) is 33.1 Å². The average Bonchev–Trinajstić information content (AvgIpc) is 2.87. The van der Waals surface area contributed by atoms with Crippen LogP contribution in [0.1, 0.15) is 16.1 Å². The number of rotatable bonds is 4. The molecule has 0 atom stereocenters. The van der Waals surface area contributed by atoms with Crippen molar-refractivity contribution in [3.63, 3.8) is 0 Å². The molecule has 3 rings (SSSR count). The van der Waals surface area contributed by atoms with Crippen molar-refractivity contribution in [3.8, 4) is 0 Å². The predicted octanol–water partition coefficient (Wildman–Crippen LogP) is 1.78. The average molecular weight is 341 g/mol. The third kappa shape index (κ3) is 3.63. The van der Waals surface area contributed by atoms with Crippen LogP contribution in [0.2, 0.25) is 0 Å². The second-order valence-corrected chi connectivity index (χ2v) is 5.54. The second kappa shape index (κ2) is 6.68. The minimum atomic E-state index is -0.452. The summed E-state index contributed by atoms with van der Waals surface area (Å²) in [6.45, 7) is 1.65. The molecule has 0 fully saturated rings. The highest BCUT2D eigenvalue weighted by molar-refractivity contribution is 5.99. The summed E-state index contributed by atoms with van der Waals surface area (Å²) in [5.41, 5.74) is 2.33. The number of carbonyl (C=O) groups excluding carboxylic acids is 2. The number of amides is 2. The topological polar surface area (TPSA) is 88.9 Å². The van der Waals surface area contributed by atoms with Gasteiger partial charge in [-0.3, -0.25) is 14.3 Å². The molecular formula is C17H16FN5O2. The molecule has 0 aliphatic heterocycles. The molecule has 0 saturated heterocycles. The maximum absolute atomic E-state index is 12.8. The molecule has 2 N–H and O–H groups in total. The summed E-state index contributed by atoms with van der Waals surface area (Å²) in [6.07, 6.45) is 1.53. The van der Waals surface area contributed by atoms with Crippen molar-refractivity contribution in [3.05, 3.63) is 53.6 Å². The zero-order valence-corrected chi connectivity index (χ0v) is 13.7. The lowest BCUT2D eigenvalue weighted by Crippen LogP contribution is -2.32. The van der Waals surface area contributed by atoms with Crippen LogP contribution in [0.25, 0.3) is 11.0 Å². The Morgan fingerprint density at radius 3 is 2.68 bits per heavy atom. The zero-order valence-electron chi connectivity index (χ0n) is 13.7. The van der Waals surface area contributed by atoms with Crippen LogP contribution in [0.5, 0.6) is 0 Å². The maximum Gasteiger partial charge on any atom is 0.251 e. The Hall–Kier alpha value is -3.29. The van der Waals surface area contributed by atoms with Crippen molar-refractivity contribution in [2.24, 2.45) is 7.05 Å². The van der Waals surface area contributed by atoms with Crippen LogP contribution in [0.15, 0.2) is 36.5 Å². The fourth-order valence-electron chi connectivity index (χ4n) is 2.45. The Balaban J connectivity index is 1.61. The quantitative estimate of drug-likeness (QED) is 0.757. The van der Waals surface area contributed by atoms with Gasteiger partial charge in [0.1, 0.15) is 5.82 Å². The molecule has 2 amide bonds. The number of halogens is 1. The lowest BCUT2D eigenvalue weighted by molar-refractivity contribution is -0.115. The van der Waals surface area contributed by atoms with Gasteiger partial charge in [0, 0.05) is 18.0 Å². The molecule has 0 aliphatic rings. The number of benzene rings is 1. The number of aromatic nitrogens is 3. The molecule has 8 heteroatoms. The molecule has 0 saturated carbocycles. The maximum atomic E-state index is 12.8. The molecule has 128 valence electrons. The second-order valence-electron chi connectivity index (χ2n) is 5.54. The molecule has 2 heterocycles. The number of nitrogens with zero attached hydrogens (tertiary/aromatic N) is 3. The zero-order chi connectivity index (χ0) is 18.0. The summed E-state index contributed by atoms with van der Waals surface area (Å²) in [4.78, 5) is 28.2. The molecule has 0 aliphatic carbocycles. The predicted molar refractivity (Wildman–Crippen MR) is 90.6 cm³/mol. The van der Waals surface area contributed by atoms with Crippen LogP contribution in [0.4, 0.5) is 10.1 Å². The summed E-state index contributed by atoms with van der Waals surface area (Å²) in [7, 11) is 1.80. The number of aryl methyl sites for hydroxylation is 2. The van der Waals surface area contributed by atoms with Gasteiger partial charge < -0.3 is 10.6 Å². The van der Waals surface area contributed by atoms with E-state index in [0.717, 1.165) is 16.7 Å². The van der Waals surface area contributed by atoms with Crippen LogP contribution in [0.3, 0.4) is 0 Å². The minimum absolute atomic E-state index is 0.208. The van der Waals surface area contributed by atoms with Crippen LogP contribution in [0, 0.1) is 12.7 Å². The van der Waals surface area contributed by atoms with E-state index in [0.29, 0.717) is 5.69 Å². The van der Waals surface area contributed by atoms with Crippen molar-refractivity contribution in [2.75, 3.05) is 11.9 Å². The molecule has 1 aromatic carbocycles. The lowest BCUT2D eigenvalue weighted by Gasteiger charge is -2.07. The van der Waals surface area contributed by atoms with Gasteiger partial charge in [0.15, 0.2) is 5.65 Å². The molecule has 25 heavy (non-hydrogen) atoms. The Bertz CT molecular complexity index is 950. The smallest absolute Gasteiger partial charge is 0.251 e. The summed E-state index contributed by atoms with van der Waals surface area (Å²) in [6, 6.07) is 6.86. The molecule has 0 radical (unpaired) electrons. The fourth-order valence-corrected chi connectivity index (χ4v) is 2.45. The number of fused-ring (bicyclic) bond motifs is 1. The van der Waals surface area contributed by atoms with Gasteiger partial charge in [-0.25, -0.2) is 9.37 Å². The van der Waals surface area contributed by atoms with Gasteiger partial charge in [-0.2, -0.15) is 5.10 Å². The van der Waals surface area contributed by atoms with Crippen molar-refractivity contribution in [2.45, 2.75) is 6.92 Å². The van der Waals surface area contributed by atoms with Crippen LogP contribution in [-0.2, 0) is 11.8 Å². The van der Waals surface area contributed by atoms with E-state index in [1.54, 1.807) is 17.8 Å². The number of carbonyl (C=O) groups is 2. The first kappa shape index (κ1) is 16.6. The fraction of sp³-hybridized carbons (Fsp3) is 0.176. The number of hydrogen-bond acceptors (Lipinski definition) is 4. The van der Waals surface area contributed by atoms with Gasteiger partial charge in [-0.1, -0.05) is 0 Å². The van der Waals surface area contributed by atoms with E-state index in [9.17, 15) is 14.0 Å². The van der Waals surface area contributed by atoms with Crippen LogP contribution < -0.4 is 10.6 Å². The monoisotopic (exact) mass is 341 g/mol. The largest absolute Gasteiger partial charge is 0.343 e. The van der Waals surface area contributed by atoms with Crippen molar-refractivity contribution >= 4 is 28.5 Å². The first-order valence-corrected chi connectivity index (χ1v) is 7.57. The SMILES string of the molecule is Cc1nn(C)c2ncc(NC(=O)CNC(=O)c3ccc(F)cc3)cc12. The van der Waals surface area contributed by atoms with E-state index in [4.69, 9.17) is 0 Å². The van der Waals surface area contributed by atoms with Gasteiger partial charge in [0.25, 0.3) is 5.91 Å². The molecule has 0 unspecified atom stereocenters. The molecule has 2 aromatic heterocycles. The first-order chi connectivity index (χ1) is 11.9. The van der Waals surface area contributed by atoms with Crippen LogP contribution >= 0.6 is 0 Å². The number of nitrogens with one attached hydrogen (secondary N) is 2. The van der Waals surface area contributed by atoms with E-state index in [-0.39, 0.29) is 12.1 Å². The Morgan fingerprint density at radius 1 is 1.24 bits per heavy atom. The lowest BCUT2D eigenvalue weighted by atomic mass is 10.2. The van der Waals surface area contributed by atoms with Gasteiger partial charge >= 0.3 is 0 Å². The molecule has 0 bridgehead atoms. The third-order valence-electron chi connectivity index (χ3n) is 3.66.